The monoisotopic (exact) mass is 264 g/mol. The van der Waals surface area contributed by atoms with Crippen LogP contribution in [0.25, 0.3) is 0 Å². The van der Waals surface area contributed by atoms with Crippen LogP contribution in [-0.2, 0) is 0 Å². The first kappa shape index (κ1) is 14.6. The number of nitrogens with zero attached hydrogens (tertiary/aromatic N) is 2. The quantitative estimate of drug-likeness (QED) is 0.180. The molecule has 0 aliphatic rings. The number of nitrogens with two attached hydrogens (primary N) is 2. The second-order valence-corrected chi connectivity index (χ2v) is 3.33. The highest BCUT2D eigenvalue weighted by Gasteiger charge is 2.09. The molecule has 0 aromatic heterocycles. The molecule has 0 spiro atoms. The molecule has 0 saturated heterocycles. The highest BCUT2D eigenvalue weighted by Crippen LogP contribution is 1.85. The summed E-state index contributed by atoms with van der Waals surface area (Å²) in [7, 11) is 0. The van der Waals surface area contributed by atoms with Gasteiger partial charge in [0, 0.05) is 0 Å². The summed E-state index contributed by atoms with van der Waals surface area (Å²) in [6, 6.07) is 0. The molecule has 0 bridgehead atoms. The summed E-state index contributed by atoms with van der Waals surface area (Å²) in [6.45, 7) is -0.531. The lowest BCUT2D eigenvalue weighted by Gasteiger charge is -2.06. The molecule has 1 unspecified atom stereocenters. The summed E-state index contributed by atoms with van der Waals surface area (Å²) in [5, 5.41) is 25.1. The fourth-order valence-corrected chi connectivity index (χ4v) is 0.663. The Morgan fingerprint density at radius 3 is 2.31 bits per heavy atom. The van der Waals surface area contributed by atoms with Crippen molar-refractivity contribution >= 4 is 46.6 Å². The van der Waals surface area contributed by atoms with Crippen LogP contribution in [0.4, 0.5) is 0 Å². The van der Waals surface area contributed by atoms with Crippen molar-refractivity contribution in [3.63, 3.8) is 0 Å². The zero-order valence-corrected chi connectivity index (χ0v) is 9.75. The fourth-order valence-electron chi connectivity index (χ4n) is 0.565. The number of hydrogen-bond acceptors (Lipinski definition) is 6. The molecule has 0 fully saturated rings. The van der Waals surface area contributed by atoms with E-state index in [-0.39, 0.29) is 15.9 Å². The van der Waals surface area contributed by atoms with Crippen LogP contribution >= 0.6 is 24.4 Å². The van der Waals surface area contributed by atoms with Crippen LogP contribution in [0.2, 0.25) is 0 Å². The van der Waals surface area contributed by atoms with Crippen molar-refractivity contribution in [3.8, 4) is 0 Å². The van der Waals surface area contributed by atoms with Crippen molar-refractivity contribution in [2.45, 2.75) is 6.10 Å². The Hall–Kier alpha value is -1.36. The Labute approximate surface area is 102 Å². The van der Waals surface area contributed by atoms with E-state index in [9.17, 15) is 5.11 Å². The van der Waals surface area contributed by atoms with Gasteiger partial charge in [0.1, 0.15) is 11.8 Å². The highest BCUT2D eigenvalue weighted by atomic mass is 32.1. The molecule has 0 heterocycles. The zero-order chi connectivity index (χ0) is 12.6. The minimum Gasteiger partial charge on any atom is -0.393 e. The molecule has 0 rings (SSSR count). The van der Waals surface area contributed by atoms with Crippen molar-refractivity contribution in [2.24, 2.45) is 21.7 Å². The van der Waals surface area contributed by atoms with E-state index in [0.717, 1.165) is 6.21 Å². The first-order valence-corrected chi connectivity index (χ1v) is 4.79. The predicted molar refractivity (Wildman–Crippen MR) is 68.9 cm³/mol. The van der Waals surface area contributed by atoms with Crippen LogP contribution in [0.1, 0.15) is 0 Å². The van der Waals surface area contributed by atoms with Gasteiger partial charge in [-0.25, -0.2) is 0 Å². The van der Waals surface area contributed by atoms with Gasteiger partial charge in [-0.1, -0.05) is 0 Å². The number of hydrazone groups is 2. The Balaban J connectivity index is 4.54. The van der Waals surface area contributed by atoms with Gasteiger partial charge in [0.15, 0.2) is 10.2 Å². The number of rotatable bonds is 5. The molecule has 0 aromatic rings. The Kier molecular flexibility index (Phi) is 7.20. The van der Waals surface area contributed by atoms with E-state index >= 15 is 0 Å². The topological polar surface area (TPSA) is 141 Å². The maximum absolute atomic E-state index is 9.31. The number of nitrogens with one attached hydrogen (secondary N) is 2. The van der Waals surface area contributed by atoms with Gasteiger partial charge in [-0.2, -0.15) is 10.2 Å². The summed E-state index contributed by atoms with van der Waals surface area (Å²) in [5.74, 6) is 0. The third-order valence-electron chi connectivity index (χ3n) is 1.18. The molecule has 0 aromatic carbocycles. The van der Waals surface area contributed by atoms with Gasteiger partial charge in [0.05, 0.1) is 12.8 Å². The summed E-state index contributed by atoms with van der Waals surface area (Å²) < 4.78 is 0. The van der Waals surface area contributed by atoms with Gasteiger partial charge in [0.25, 0.3) is 0 Å². The van der Waals surface area contributed by atoms with Gasteiger partial charge >= 0.3 is 0 Å². The maximum atomic E-state index is 9.31. The normalized spacial score (nSPS) is 13.5. The SMILES string of the molecule is NC(=S)NN=C(/C=N/NC(N)=S)C(O)CO. The zero-order valence-electron chi connectivity index (χ0n) is 8.12. The molecular formula is C6H12N6O2S2. The van der Waals surface area contributed by atoms with E-state index in [0.29, 0.717) is 0 Å². The summed E-state index contributed by atoms with van der Waals surface area (Å²) in [5.41, 5.74) is 14.7. The average Bonchev–Trinajstić information content (AvgIpc) is 2.21. The third kappa shape index (κ3) is 7.00. The number of hydrogen-bond donors (Lipinski definition) is 6. The van der Waals surface area contributed by atoms with E-state index in [1.165, 1.54) is 0 Å². The first-order valence-electron chi connectivity index (χ1n) is 3.97. The smallest absolute Gasteiger partial charge is 0.184 e. The predicted octanol–water partition coefficient (Wildman–Crippen LogP) is -2.65. The molecule has 0 saturated carbocycles. The van der Waals surface area contributed by atoms with Crippen LogP contribution in [0.15, 0.2) is 10.2 Å². The van der Waals surface area contributed by atoms with Crippen LogP contribution in [0.5, 0.6) is 0 Å². The number of aliphatic hydroxyl groups is 2. The molecule has 8 nitrogen and oxygen atoms in total. The van der Waals surface area contributed by atoms with Gasteiger partial charge in [-0.3, -0.25) is 10.9 Å². The van der Waals surface area contributed by atoms with Crippen molar-refractivity contribution in [1.29, 1.82) is 0 Å². The van der Waals surface area contributed by atoms with Crippen molar-refractivity contribution in [2.75, 3.05) is 6.61 Å². The minimum absolute atomic E-state index is 0.0130. The minimum atomic E-state index is -1.22. The third-order valence-corrected chi connectivity index (χ3v) is 1.36. The van der Waals surface area contributed by atoms with Crippen molar-refractivity contribution in [3.05, 3.63) is 0 Å². The standard InChI is InChI=1S/C6H12N6O2S2/c7-5(15)11-9-1-3(4(14)2-13)10-12-6(8)16/h1,4,13-14H,2H2,(H3,7,11,15)(H3,8,12,16)/b9-1+,10-3?. The van der Waals surface area contributed by atoms with Crippen LogP contribution in [0, 0.1) is 0 Å². The molecule has 10 heteroatoms. The number of aliphatic hydroxyl groups excluding tert-OH is 2. The summed E-state index contributed by atoms with van der Waals surface area (Å²) in [4.78, 5) is 0. The lowest BCUT2D eigenvalue weighted by molar-refractivity contribution is 0.146. The average molecular weight is 264 g/mol. The van der Waals surface area contributed by atoms with Crippen LogP contribution in [-0.4, -0.2) is 45.1 Å². The largest absolute Gasteiger partial charge is 0.393 e. The van der Waals surface area contributed by atoms with Gasteiger partial charge < -0.3 is 21.7 Å². The molecule has 0 aliphatic heterocycles. The summed E-state index contributed by atoms with van der Waals surface area (Å²) in [6.07, 6.45) is -0.107. The van der Waals surface area contributed by atoms with Gasteiger partial charge in [-0.15, -0.1) is 0 Å². The van der Waals surface area contributed by atoms with E-state index < -0.39 is 12.7 Å². The Morgan fingerprint density at radius 2 is 1.88 bits per heavy atom. The van der Waals surface area contributed by atoms with Gasteiger partial charge in [0.2, 0.25) is 0 Å². The second-order valence-electron chi connectivity index (χ2n) is 2.45. The Bertz CT molecular complexity index is 318. The van der Waals surface area contributed by atoms with E-state index in [4.69, 9.17) is 16.6 Å². The second kappa shape index (κ2) is 7.87. The van der Waals surface area contributed by atoms with Gasteiger partial charge in [-0.05, 0) is 24.4 Å². The Morgan fingerprint density at radius 1 is 1.31 bits per heavy atom. The summed E-state index contributed by atoms with van der Waals surface area (Å²) >= 11 is 9.00. The first-order chi connectivity index (χ1) is 7.47. The van der Waals surface area contributed by atoms with E-state index in [1.54, 1.807) is 0 Å². The highest BCUT2D eigenvalue weighted by molar-refractivity contribution is 7.80. The van der Waals surface area contributed by atoms with E-state index in [2.05, 4.69) is 45.5 Å². The van der Waals surface area contributed by atoms with Crippen LogP contribution in [0.3, 0.4) is 0 Å². The number of thiocarbonyl (C=S) groups is 2. The maximum Gasteiger partial charge on any atom is 0.184 e. The molecule has 16 heavy (non-hydrogen) atoms. The lowest BCUT2D eigenvalue weighted by Crippen LogP contribution is -2.33. The van der Waals surface area contributed by atoms with E-state index in [1.807, 2.05) is 0 Å². The molecule has 0 amide bonds. The molecule has 0 aliphatic carbocycles. The van der Waals surface area contributed by atoms with Crippen LogP contribution < -0.4 is 22.3 Å². The van der Waals surface area contributed by atoms with Crippen molar-refractivity contribution in [1.82, 2.24) is 10.9 Å². The molecular weight excluding hydrogens is 252 g/mol. The van der Waals surface area contributed by atoms with Crippen molar-refractivity contribution < 1.29 is 10.2 Å². The molecule has 1 atom stereocenters. The molecule has 0 radical (unpaired) electrons. The molecule has 8 N–H and O–H groups in total. The molecule has 90 valence electrons. The lowest BCUT2D eigenvalue weighted by atomic mass is 10.2. The fraction of sp³-hybridized carbons (Fsp3) is 0.333.